The minimum absolute atomic E-state index is 0.0236. The van der Waals surface area contributed by atoms with E-state index >= 15 is 0 Å². The Hall–Kier alpha value is -2.89. The third-order valence-corrected chi connectivity index (χ3v) is 2.77. The Labute approximate surface area is 121 Å². The van der Waals surface area contributed by atoms with E-state index in [2.05, 4.69) is 10.6 Å². The van der Waals surface area contributed by atoms with Crippen LogP contribution in [0.3, 0.4) is 0 Å². The minimum Gasteiger partial charge on any atom is -0.376 e. The molecule has 2 amide bonds. The maximum absolute atomic E-state index is 13.4. The largest absolute Gasteiger partial charge is 0.376 e. The van der Waals surface area contributed by atoms with Crippen LogP contribution < -0.4 is 16.4 Å². The predicted octanol–water partition coefficient (Wildman–Crippen LogP) is 1.98. The topological polar surface area (TPSA) is 84.2 Å². The third-order valence-electron chi connectivity index (χ3n) is 2.77. The number of anilines is 2. The van der Waals surface area contributed by atoms with E-state index in [-0.39, 0.29) is 18.1 Å². The van der Waals surface area contributed by atoms with Gasteiger partial charge in [-0.15, -0.1) is 0 Å². The van der Waals surface area contributed by atoms with E-state index in [1.807, 2.05) is 0 Å². The lowest BCUT2D eigenvalue weighted by Gasteiger charge is -2.08. The molecule has 6 heteroatoms. The molecule has 0 saturated heterocycles. The van der Waals surface area contributed by atoms with E-state index in [9.17, 15) is 14.0 Å². The first-order chi connectivity index (χ1) is 10.1. The van der Waals surface area contributed by atoms with Gasteiger partial charge < -0.3 is 16.4 Å². The first kappa shape index (κ1) is 14.5. The van der Waals surface area contributed by atoms with Crippen LogP contribution in [-0.2, 0) is 4.79 Å². The van der Waals surface area contributed by atoms with Crippen molar-refractivity contribution in [1.29, 1.82) is 0 Å². The van der Waals surface area contributed by atoms with Crippen molar-refractivity contribution in [2.45, 2.75) is 0 Å². The van der Waals surface area contributed by atoms with E-state index in [4.69, 9.17) is 5.73 Å². The standard InChI is InChI=1S/C15H14FN3O2/c16-12-3-1-2-4-13(12)19-14(20)9-18-11-7-5-10(6-8-11)15(17)21/h1-8,18H,9H2,(H2,17,21)(H,19,20). The van der Waals surface area contributed by atoms with Gasteiger partial charge in [-0.05, 0) is 36.4 Å². The van der Waals surface area contributed by atoms with Crippen LogP contribution in [0.25, 0.3) is 0 Å². The predicted molar refractivity (Wildman–Crippen MR) is 78.5 cm³/mol. The Bertz CT molecular complexity index is 656. The molecule has 0 aliphatic rings. The van der Waals surface area contributed by atoms with Gasteiger partial charge in [0.1, 0.15) is 5.82 Å². The average molecular weight is 287 g/mol. The van der Waals surface area contributed by atoms with Gasteiger partial charge in [0.15, 0.2) is 0 Å². The minimum atomic E-state index is -0.515. The number of hydrogen-bond donors (Lipinski definition) is 3. The van der Waals surface area contributed by atoms with Crippen LogP contribution in [0.2, 0.25) is 0 Å². The molecule has 2 aromatic rings. The number of carbonyl (C=O) groups excluding carboxylic acids is 2. The number of primary amides is 1. The zero-order valence-electron chi connectivity index (χ0n) is 11.1. The maximum atomic E-state index is 13.4. The fraction of sp³-hybridized carbons (Fsp3) is 0.0667. The van der Waals surface area contributed by atoms with Gasteiger partial charge in [0.05, 0.1) is 12.2 Å². The molecule has 0 heterocycles. The Morgan fingerprint density at radius 1 is 1.05 bits per heavy atom. The molecule has 0 saturated carbocycles. The van der Waals surface area contributed by atoms with Crippen LogP contribution in [-0.4, -0.2) is 18.4 Å². The molecule has 2 rings (SSSR count). The summed E-state index contributed by atoms with van der Waals surface area (Å²) < 4.78 is 13.4. The second-order valence-corrected chi connectivity index (χ2v) is 4.32. The van der Waals surface area contributed by atoms with Crippen LogP contribution in [0.15, 0.2) is 48.5 Å². The van der Waals surface area contributed by atoms with Crippen LogP contribution >= 0.6 is 0 Å². The Morgan fingerprint density at radius 3 is 2.33 bits per heavy atom. The quantitative estimate of drug-likeness (QED) is 0.786. The summed E-state index contributed by atoms with van der Waals surface area (Å²) in [6.07, 6.45) is 0. The highest BCUT2D eigenvalue weighted by molar-refractivity contribution is 5.94. The lowest BCUT2D eigenvalue weighted by molar-refractivity contribution is -0.114. The number of nitrogens with one attached hydrogen (secondary N) is 2. The smallest absolute Gasteiger partial charge is 0.248 e. The van der Waals surface area contributed by atoms with Crippen molar-refractivity contribution >= 4 is 23.2 Å². The number of hydrogen-bond acceptors (Lipinski definition) is 3. The Morgan fingerprint density at radius 2 is 1.71 bits per heavy atom. The zero-order chi connectivity index (χ0) is 15.2. The van der Waals surface area contributed by atoms with Crippen molar-refractivity contribution in [3.05, 3.63) is 59.9 Å². The van der Waals surface area contributed by atoms with Gasteiger partial charge >= 0.3 is 0 Å². The Kier molecular flexibility index (Phi) is 4.50. The maximum Gasteiger partial charge on any atom is 0.248 e. The number of para-hydroxylation sites is 1. The lowest BCUT2D eigenvalue weighted by atomic mass is 10.2. The molecule has 21 heavy (non-hydrogen) atoms. The van der Waals surface area contributed by atoms with Crippen LogP contribution in [0.1, 0.15) is 10.4 Å². The summed E-state index contributed by atoms with van der Waals surface area (Å²) in [4.78, 5) is 22.6. The molecule has 0 atom stereocenters. The average Bonchev–Trinajstić information content (AvgIpc) is 2.48. The summed E-state index contributed by atoms with van der Waals surface area (Å²) in [5.41, 5.74) is 6.30. The highest BCUT2D eigenvalue weighted by Crippen LogP contribution is 2.12. The fourth-order valence-corrected chi connectivity index (χ4v) is 1.69. The van der Waals surface area contributed by atoms with Gasteiger partial charge in [0.2, 0.25) is 11.8 Å². The summed E-state index contributed by atoms with van der Waals surface area (Å²) in [5.74, 6) is -1.38. The number of rotatable bonds is 5. The summed E-state index contributed by atoms with van der Waals surface area (Å²) in [5, 5.41) is 5.32. The molecular weight excluding hydrogens is 273 g/mol. The molecule has 0 fully saturated rings. The van der Waals surface area contributed by atoms with Crippen molar-refractivity contribution in [1.82, 2.24) is 0 Å². The van der Waals surface area contributed by atoms with E-state index in [0.717, 1.165) is 0 Å². The van der Waals surface area contributed by atoms with Crippen molar-refractivity contribution in [2.75, 3.05) is 17.2 Å². The zero-order valence-corrected chi connectivity index (χ0v) is 11.1. The summed E-state index contributed by atoms with van der Waals surface area (Å²) in [6, 6.07) is 12.3. The van der Waals surface area contributed by atoms with Crippen molar-refractivity contribution < 1.29 is 14.0 Å². The molecule has 0 spiro atoms. The molecule has 0 aliphatic heterocycles. The molecule has 5 nitrogen and oxygen atoms in total. The first-order valence-electron chi connectivity index (χ1n) is 6.24. The van der Waals surface area contributed by atoms with Crippen LogP contribution in [0.4, 0.5) is 15.8 Å². The number of carbonyl (C=O) groups is 2. The fourth-order valence-electron chi connectivity index (χ4n) is 1.69. The SMILES string of the molecule is NC(=O)c1ccc(NCC(=O)Nc2ccccc2F)cc1. The number of nitrogens with two attached hydrogens (primary N) is 1. The molecule has 4 N–H and O–H groups in total. The van der Waals surface area contributed by atoms with Crippen LogP contribution in [0, 0.1) is 5.82 Å². The molecule has 0 radical (unpaired) electrons. The second-order valence-electron chi connectivity index (χ2n) is 4.32. The van der Waals surface area contributed by atoms with Gasteiger partial charge in [-0.1, -0.05) is 12.1 Å². The number of benzene rings is 2. The first-order valence-corrected chi connectivity index (χ1v) is 6.24. The van der Waals surface area contributed by atoms with Gasteiger partial charge in [0, 0.05) is 11.3 Å². The molecule has 108 valence electrons. The van der Waals surface area contributed by atoms with Crippen LogP contribution in [0.5, 0.6) is 0 Å². The van der Waals surface area contributed by atoms with Gasteiger partial charge in [-0.25, -0.2) is 4.39 Å². The van der Waals surface area contributed by atoms with Gasteiger partial charge in [-0.3, -0.25) is 9.59 Å². The van der Waals surface area contributed by atoms with Crippen molar-refractivity contribution in [2.24, 2.45) is 5.73 Å². The van der Waals surface area contributed by atoms with E-state index in [1.54, 1.807) is 36.4 Å². The molecule has 0 unspecified atom stereocenters. The molecule has 0 aromatic heterocycles. The Balaban J connectivity index is 1.89. The van der Waals surface area contributed by atoms with Gasteiger partial charge in [0.25, 0.3) is 0 Å². The van der Waals surface area contributed by atoms with E-state index in [0.29, 0.717) is 11.3 Å². The third kappa shape index (κ3) is 4.04. The van der Waals surface area contributed by atoms with Crippen molar-refractivity contribution in [3.8, 4) is 0 Å². The van der Waals surface area contributed by atoms with E-state index < -0.39 is 11.7 Å². The lowest BCUT2D eigenvalue weighted by Crippen LogP contribution is -2.22. The highest BCUT2D eigenvalue weighted by Gasteiger charge is 2.06. The highest BCUT2D eigenvalue weighted by atomic mass is 19.1. The summed E-state index contributed by atoms with van der Waals surface area (Å²) >= 11 is 0. The molecular formula is C15H14FN3O2. The van der Waals surface area contributed by atoms with Gasteiger partial charge in [-0.2, -0.15) is 0 Å². The normalized spacial score (nSPS) is 9.95. The molecule has 0 bridgehead atoms. The van der Waals surface area contributed by atoms with Crippen molar-refractivity contribution in [3.63, 3.8) is 0 Å². The summed E-state index contributed by atoms with van der Waals surface area (Å²) in [6.45, 7) is -0.0236. The summed E-state index contributed by atoms with van der Waals surface area (Å²) in [7, 11) is 0. The molecule has 0 aliphatic carbocycles. The molecule has 2 aromatic carbocycles. The van der Waals surface area contributed by atoms with E-state index in [1.165, 1.54) is 12.1 Å². The number of amides is 2. The number of halogens is 1. The monoisotopic (exact) mass is 287 g/mol. The second kappa shape index (κ2) is 6.51.